The summed E-state index contributed by atoms with van der Waals surface area (Å²) in [6.07, 6.45) is 3.40. The average Bonchev–Trinajstić information content (AvgIpc) is 2.46. The van der Waals surface area contributed by atoms with Crippen molar-refractivity contribution in [3.63, 3.8) is 0 Å². The molecule has 1 aromatic heterocycles. The molecule has 0 spiro atoms. The zero-order valence-corrected chi connectivity index (χ0v) is 12.0. The van der Waals surface area contributed by atoms with Crippen molar-refractivity contribution >= 4 is 34.8 Å². The van der Waals surface area contributed by atoms with Crippen molar-refractivity contribution in [1.29, 1.82) is 0 Å². The fourth-order valence-electron chi connectivity index (χ4n) is 1.53. The number of hydrogen-bond donors (Lipinski definition) is 2. The number of nitrogens with zero attached hydrogens (tertiary/aromatic N) is 1. The molecule has 1 aromatic carbocycles. The molecule has 0 atom stereocenters. The molecule has 102 valence electrons. The summed E-state index contributed by atoms with van der Waals surface area (Å²) in [7, 11) is 0. The number of hydrogen-bond acceptors (Lipinski definition) is 3. The van der Waals surface area contributed by atoms with Gasteiger partial charge >= 0.3 is 0 Å². The second-order valence-electron chi connectivity index (χ2n) is 4.00. The molecule has 2 rings (SSSR count). The van der Waals surface area contributed by atoms with Gasteiger partial charge in [0, 0.05) is 29.5 Å². The Hall–Kier alpha value is -1.98. The largest absolute Gasteiger partial charge is 0.358 e. The van der Waals surface area contributed by atoms with E-state index in [4.69, 9.17) is 23.8 Å². The lowest BCUT2D eigenvalue weighted by atomic mass is 10.2. The van der Waals surface area contributed by atoms with Crippen LogP contribution in [-0.4, -0.2) is 16.0 Å². The van der Waals surface area contributed by atoms with Crippen LogP contribution >= 0.6 is 23.8 Å². The summed E-state index contributed by atoms with van der Waals surface area (Å²) >= 11 is 10.9. The summed E-state index contributed by atoms with van der Waals surface area (Å²) in [5, 5.41) is 6.33. The number of carbonyl (C=O) groups excluding carboxylic acids is 1. The van der Waals surface area contributed by atoms with E-state index in [-0.39, 0.29) is 11.0 Å². The van der Waals surface area contributed by atoms with Crippen LogP contribution in [0.4, 0.5) is 0 Å². The molecule has 1 amide bonds. The van der Waals surface area contributed by atoms with Gasteiger partial charge in [-0.05, 0) is 48.1 Å². The van der Waals surface area contributed by atoms with Gasteiger partial charge in [-0.25, -0.2) is 0 Å². The summed E-state index contributed by atoms with van der Waals surface area (Å²) in [5.74, 6) is -0.292. The molecule has 0 aliphatic heterocycles. The Morgan fingerprint density at radius 1 is 1.25 bits per heavy atom. The number of carbonyl (C=O) groups is 1. The smallest absolute Gasteiger partial charge is 0.257 e. The zero-order valence-electron chi connectivity index (χ0n) is 10.5. The fraction of sp³-hybridized carbons (Fsp3) is 0.0714. The number of nitrogens with one attached hydrogen (secondary N) is 2. The van der Waals surface area contributed by atoms with Crippen LogP contribution in [0.3, 0.4) is 0 Å². The second kappa shape index (κ2) is 6.98. The number of benzene rings is 1. The van der Waals surface area contributed by atoms with E-state index in [2.05, 4.69) is 15.6 Å². The third-order valence-corrected chi connectivity index (χ3v) is 3.00. The SMILES string of the molecule is O=C(NC(=S)NCc1ccncc1)c1cccc(Cl)c1. The zero-order chi connectivity index (χ0) is 14.4. The van der Waals surface area contributed by atoms with Crippen molar-refractivity contribution in [2.75, 3.05) is 0 Å². The normalized spacial score (nSPS) is 9.85. The molecule has 0 bridgehead atoms. The maximum Gasteiger partial charge on any atom is 0.257 e. The van der Waals surface area contributed by atoms with E-state index in [1.54, 1.807) is 36.7 Å². The van der Waals surface area contributed by atoms with Gasteiger partial charge in [0.15, 0.2) is 5.11 Å². The van der Waals surface area contributed by atoms with Crippen LogP contribution in [0, 0.1) is 0 Å². The third kappa shape index (κ3) is 4.29. The Bertz CT molecular complexity index is 619. The van der Waals surface area contributed by atoms with Crippen molar-refractivity contribution in [2.45, 2.75) is 6.54 Å². The molecular formula is C14H12ClN3OS. The standard InChI is InChI=1S/C14H12ClN3OS/c15-12-3-1-2-11(8-12)13(19)18-14(20)17-9-10-4-6-16-7-5-10/h1-8H,9H2,(H2,17,18,19,20). The van der Waals surface area contributed by atoms with Crippen molar-refractivity contribution in [3.8, 4) is 0 Å². The van der Waals surface area contributed by atoms with Gasteiger partial charge in [-0.2, -0.15) is 0 Å². The summed E-state index contributed by atoms with van der Waals surface area (Å²) in [6, 6.07) is 10.4. The van der Waals surface area contributed by atoms with Gasteiger partial charge in [-0.1, -0.05) is 17.7 Å². The van der Waals surface area contributed by atoms with Gasteiger partial charge in [-0.15, -0.1) is 0 Å². The van der Waals surface area contributed by atoms with Crippen LogP contribution in [0.25, 0.3) is 0 Å². The van der Waals surface area contributed by atoms with Gasteiger partial charge in [0.1, 0.15) is 0 Å². The maximum absolute atomic E-state index is 11.9. The van der Waals surface area contributed by atoms with E-state index in [0.29, 0.717) is 17.1 Å². The fourth-order valence-corrected chi connectivity index (χ4v) is 1.89. The molecule has 2 aromatic rings. The third-order valence-electron chi connectivity index (χ3n) is 2.52. The quantitative estimate of drug-likeness (QED) is 0.856. The van der Waals surface area contributed by atoms with Crippen LogP contribution in [0.1, 0.15) is 15.9 Å². The van der Waals surface area contributed by atoms with Crippen LogP contribution < -0.4 is 10.6 Å². The molecule has 0 saturated heterocycles. The van der Waals surface area contributed by atoms with Crippen LogP contribution in [0.15, 0.2) is 48.8 Å². The van der Waals surface area contributed by atoms with E-state index in [1.807, 2.05) is 12.1 Å². The number of rotatable bonds is 3. The van der Waals surface area contributed by atoms with Crippen molar-refractivity contribution < 1.29 is 4.79 Å². The molecule has 0 unspecified atom stereocenters. The predicted octanol–water partition coefficient (Wildman–Crippen LogP) is 2.54. The predicted molar refractivity (Wildman–Crippen MR) is 82.6 cm³/mol. The molecular weight excluding hydrogens is 294 g/mol. The molecule has 0 aliphatic rings. The maximum atomic E-state index is 11.9. The van der Waals surface area contributed by atoms with Gasteiger partial charge in [0.05, 0.1) is 0 Å². The molecule has 6 heteroatoms. The van der Waals surface area contributed by atoms with Crippen molar-refractivity contribution in [3.05, 3.63) is 64.9 Å². The minimum absolute atomic E-state index is 0.270. The number of pyridine rings is 1. The first kappa shape index (κ1) is 14.4. The highest BCUT2D eigenvalue weighted by Gasteiger charge is 2.07. The number of halogens is 1. The summed E-state index contributed by atoms with van der Waals surface area (Å²) in [6.45, 7) is 0.525. The minimum Gasteiger partial charge on any atom is -0.358 e. The molecule has 0 aliphatic carbocycles. The second-order valence-corrected chi connectivity index (χ2v) is 4.85. The van der Waals surface area contributed by atoms with E-state index in [0.717, 1.165) is 5.56 Å². The highest BCUT2D eigenvalue weighted by Crippen LogP contribution is 2.10. The van der Waals surface area contributed by atoms with Crippen molar-refractivity contribution in [1.82, 2.24) is 15.6 Å². The Morgan fingerprint density at radius 3 is 2.70 bits per heavy atom. The minimum atomic E-state index is -0.292. The average molecular weight is 306 g/mol. The summed E-state index contributed by atoms with van der Waals surface area (Å²) < 4.78 is 0. The topological polar surface area (TPSA) is 54.0 Å². The molecule has 1 heterocycles. The Kier molecular flexibility index (Phi) is 5.03. The van der Waals surface area contributed by atoms with Gasteiger partial charge in [0.2, 0.25) is 0 Å². The van der Waals surface area contributed by atoms with E-state index < -0.39 is 0 Å². The molecule has 20 heavy (non-hydrogen) atoms. The Morgan fingerprint density at radius 2 is 2.00 bits per heavy atom. The van der Waals surface area contributed by atoms with E-state index in [9.17, 15) is 4.79 Å². The molecule has 0 fully saturated rings. The lowest BCUT2D eigenvalue weighted by Gasteiger charge is -2.09. The van der Waals surface area contributed by atoms with Gasteiger partial charge in [-0.3, -0.25) is 15.1 Å². The number of amides is 1. The first-order valence-corrected chi connectivity index (χ1v) is 6.67. The number of aromatic nitrogens is 1. The lowest BCUT2D eigenvalue weighted by Crippen LogP contribution is -2.38. The molecule has 0 saturated carbocycles. The monoisotopic (exact) mass is 305 g/mol. The molecule has 4 nitrogen and oxygen atoms in total. The van der Waals surface area contributed by atoms with Crippen LogP contribution in [0.5, 0.6) is 0 Å². The van der Waals surface area contributed by atoms with E-state index >= 15 is 0 Å². The van der Waals surface area contributed by atoms with Gasteiger partial charge < -0.3 is 5.32 Å². The number of thiocarbonyl (C=S) groups is 1. The van der Waals surface area contributed by atoms with Crippen LogP contribution in [0.2, 0.25) is 5.02 Å². The highest BCUT2D eigenvalue weighted by molar-refractivity contribution is 7.80. The first-order valence-electron chi connectivity index (χ1n) is 5.89. The van der Waals surface area contributed by atoms with Gasteiger partial charge in [0.25, 0.3) is 5.91 Å². The lowest BCUT2D eigenvalue weighted by molar-refractivity contribution is 0.0976. The van der Waals surface area contributed by atoms with Crippen molar-refractivity contribution in [2.24, 2.45) is 0 Å². The Labute approximate surface area is 127 Å². The Balaban J connectivity index is 1.87. The summed E-state index contributed by atoms with van der Waals surface area (Å²) in [4.78, 5) is 15.8. The first-order chi connectivity index (χ1) is 9.65. The molecule has 0 radical (unpaired) electrons. The summed E-state index contributed by atoms with van der Waals surface area (Å²) in [5.41, 5.74) is 1.49. The van der Waals surface area contributed by atoms with Crippen LogP contribution in [-0.2, 0) is 6.54 Å². The highest BCUT2D eigenvalue weighted by atomic mass is 35.5. The van der Waals surface area contributed by atoms with E-state index in [1.165, 1.54) is 0 Å². The molecule has 2 N–H and O–H groups in total.